The summed E-state index contributed by atoms with van der Waals surface area (Å²) in [5.74, 6) is -0.754. The molecule has 0 radical (unpaired) electrons. The van der Waals surface area contributed by atoms with Crippen LogP contribution in [0, 0.1) is 0 Å². The third-order valence-electron chi connectivity index (χ3n) is 3.43. The van der Waals surface area contributed by atoms with Crippen molar-refractivity contribution in [3.63, 3.8) is 0 Å². The van der Waals surface area contributed by atoms with Gasteiger partial charge in [0.05, 0.1) is 0 Å². The van der Waals surface area contributed by atoms with Crippen molar-refractivity contribution in [3.8, 4) is 0 Å². The van der Waals surface area contributed by atoms with E-state index in [1.807, 2.05) is 60.7 Å². The predicted octanol–water partition coefficient (Wildman–Crippen LogP) is 3.03. The highest BCUT2D eigenvalue weighted by molar-refractivity contribution is 5.91. The molecule has 1 amide bonds. The first-order valence-electron chi connectivity index (χ1n) is 7.86. The van der Waals surface area contributed by atoms with E-state index in [0.29, 0.717) is 6.42 Å². The summed E-state index contributed by atoms with van der Waals surface area (Å²) in [6, 6.07) is 18.3. The number of carbonyl (C=O) groups is 2. The fourth-order valence-corrected chi connectivity index (χ4v) is 2.24. The number of ether oxygens (including phenoxy) is 1. The maximum atomic E-state index is 12.4. The Kier molecular flexibility index (Phi) is 6.77. The van der Waals surface area contributed by atoms with E-state index >= 15 is 0 Å². The van der Waals surface area contributed by atoms with E-state index < -0.39 is 12.0 Å². The first-order chi connectivity index (χ1) is 11.7. The summed E-state index contributed by atoms with van der Waals surface area (Å²) in [6.45, 7) is 1.93. The van der Waals surface area contributed by atoms with Crippen LogP contribution >= 0.6 is 0 Å². The molecule has 4 nitrogen and oxygen atoms in total. The number of nitrogens with one attached hydrogen (secondary N) is 1. The molecule has 0 aliphatic carbocycles. The van der Waals surface area contributed by atoms with Gasteiger partial charge in [0.25, 0.3) is 0 Å². The fraction of sp³-hybridized carbons (Fsp3) is 0.200. The highest BCUT2D eigenvalue weighted by Crippen LogP contribution is 2.07. The van der Waals surface area contributed by atoms with Crippen LogP contribution in [0.15, 0.2) is 72.8 Å². The lowest BCUT2D eigenvalue weighted by Crippen LogP contribution is -2.42. The van der Waals surface area contributed by atoms with Crippen molar-refractivity contribution >= 4 is 11.9 Å². The number of esters is 1. The normalized spacial score (nSPS) is 11.9. The zero-order valence-electron chi connectivity index (χ0n) is 13.6. The third-order valence-corrected chi connectivity index (χ3v) is 3.43. The summed E-state index contributed by atoms with van der Waals surface area (Å²) in [6.07, 6.45) is 3.41. The maximum absolute atomic E-state index is 12.4. The molecule has 0 bridgehead atoms. The van der Waals surface area contributed by atoms with Crippen LogP contribution in [0.1, 0.15) is 18.1 Å². The highest BCUT2D eigenvalue weighted by Gasteiger charge is 2.22. The second-order valence-electron chi connectivity index (χ2n) is 5.34. The Balaban J connectivity index is 2.02. The number of allylic oxidation sites excluding steroid dienone is 1. The molecule has 0 spiro atoms. The third kappa shape index (κ3) is 5.72. The zero-order valence-corrected chi connectivity index (χ0v) is 13.6. The Morgan fingerprint density at radius 1 is 1.00 bits per heavy atom. The van der Waals surface area contributed by atoms with Crippen LogP contribution in [0.2, 0.25) is 0 Å². The maximum Gasteiger partial charge on any atom is 0.329 e. The number of amides is 1. The van der Waals surface area contributed by atoms with Gasteiger partial charge in [-0.05, 0) is 24.1 Å². The van der Waals surface area contributed by atoms with Crippen molar-refractivity contribution in [1.82, 2.24) is 5.32 Å². The summed E-state index contributed by atoms with van der Waals surface area (Å²) >= 11 is 0. The van der Waals surface area contributed by atoms with E-state index in [0.717, 1.165) is 11.1 Å². The van der Waals surface area contributed by atoms with Crippen molar-refractivity contribution < 1.29 is 14.3 Å². The van der Waals surface area contributed by atoms with E-state index in [4.69, 9.17) is 4.74 Å². The minimum atomic E-state index is -0.722. The van der Waals surface area contributed by atoms with E-state index in [2.05, 4.69) is 5.32 Å². The molecule has 1 N–H and O–H groups in total. The minimum Gasteiger partial charge on any atom is -0.459 e. The Hall–Kier alpha value is -2.88. The molecule has 0 aromatic heterocycles. The first kappa shape index (κ1) is 17.5. The Labute approximate surface area is 142 Å². The molecule has 0 heterocycles. The lowest BCUT2D eigenvalue weighted by molar-refractivity contribution is -0.148. The van der Waals surface area contributed by atoms with Crippen LogP contribution in [0.4, 0.5) is 0 Å². The van der Waals surface area contributed by atoms with Gasteiger partial charge in [-0.1, -0.05) is 66.7 Å². The van der Waals surface area contributed by atoms with Gasteiger partial charge in [-0.3, -0.25) is 4.79 Å². The van der Waals surface area contributed by atoms with Crippen LogP contribution < -0.4 is 5.32 Å². The van der Waals surface area contributed by atoms with Crippen LogP contribution in [0.5, 0.6) is 0 Å². The molecule has 0 saturated heterocycles. The summed E-state index contributed by atoms with van der Waals surface area (Å²) in [5.41, 5.74) is 1.86. The van der Waals surface area contributed by atoms with Crippen molar-refractivity contribution in [2.45, 2.75) is 26.0 Å². The van der Waals surface area contributed by atoms with E-state index in [-0.39, 0.29) is 12.5 Å². The van der Waals surface area contributed by atoms with Crippen LogP contribution in [-0.4, -0.2) is 17.9 Å². The van der Waals surface area contributed by atoms with Gasteiger partial charge in [-0.25, -0.2) is 4.79 Å². The number of benzene rings is 2. The summed E-state index contributed by atoms with van der Waals surface area (Å²) < 4.78 is 5.36. The Morgan fingerprint density at radius 3 is 2.17 bits per heavy atom. The monoisotopic (exact) mass is 323 g/mol. The molecule has 0 aliphatic heterocycles. The molecule has 0 fully saturated rings. The first-order valence-corrected chi connectivity index (χ1v) is 7.86. The van der Waals surface area contributed by atoms with Crippen molar-refractivity contribution in [2.75, 3.05) is 0 Å². The van der Waals surface area contributed by atoms with Gasteiger partial charge in [0, 0.05) is 6.42 Å². The van der Waals surface area contributed by atoms with Gasteiger partial charge in [0.2, 0.25) is 5.91 Å². The molecule has 124 valence electrons. The molecule has 0 aliphatic rings. The van der Waals surface area contributed by atoms with Gasteiger partial charge in [-0.15, -0.1) is 0 Å². The average Bonchev–Trinajstić information content (AvgIpc) is 2.61. The fourth-order valence-electron chi connectivity index (χ4n) is 2.24. The van der Waals surface area contributed by atoms with Gasteiger partial charge >= 0.3 is 5.97 Å². The second kappa shape index (κ2) is 9.30. The largest absolute Gasteiger partial charge is 0.459 e. The molecule has 4 heteroatoms. The van der Waals surface area contributed by atoms with E-state index in [1.54, 1.807) is 13.0 Å². The number of hydrogen-bond acceptors (Lipinski definition) is 3. The smallest absolute Gasteiger partial charge is 0.329 e. The summed E-state index contributed by atoms with van der Waals surface area (Å²) in [7, 11) is 0. The van der Waals surface area contributed by atoms with Crippen molar-refractivity contribution in [3.05, 3.63) is 83.9 Å². The lowest BCUT2D eigenvalue weighted by Gasteiger charge is -2.17. The molecular formula is C20H21NO3. The molecule has 24 heavy (non-hydrogen) atoms. The molecule has 2 aromatic rings. The van der Waals surface area contributed by atoms with Gasteiger partial charge < -0.3 is 10.1 Å². The molecule has 1 atom stereocenters. The molecule has 0 saturated carbocycles. The van der Waals surface area contributed by atoms with E-state index in [1.165, 1.54) is 6.08 Å². The Bertz CT molecular complexity index is 681. The van der Waals surface area contributed by atoms with Gasteiger partial charge in [-0.2, -0.15) is 0 Å². The minimum absolute atomic E-state index is 0.185. The number of carbonyl (C=O) groups excluding carboxylic acids is 2. The zero-order chi connectivity index (χ0) is 17.2. The number of rotatable bonds is 7. The summed E-state index contributed by atoms with van der Waals surface area (Å²) in [4.78, 5) is 24.2. The quantitative estimate of drug-likeness (QED) is 0.629. The highest BCUT2D eigenvalue weighted by atomic mass is 16.5. The van der Waals surface area contributed by atoms with Gasteiger partial charge in [0.15, 0.2) is 0 Å². The van der Waals surface area contributed by atoms with Crippen molar-refractivity contribution in [1.29, 1.82) is 0 Å². The molecule has 0 unspecified atom stereocenters. The van der Waals surface area contributed by atoms with Crippen molar-refractivity contribution in [2.24, 2.45) is 0 Å². The standard InChI is InChI=1S/C20H21NO3/c1-2-9-19(22)21-18(14-16-10-5-3-6-11-16)20(23)24-15-17-12-7-4-8-13-17/h2-13,18H,14-15H2,1H3,(H,21,22)/b9-2+/t18-/m0/s1. The molecule has 2 aromatic carbocycles. The van der Waals surface area contributed by atoms with Crippen LogP contribution in [-0.2, 0) is 27.4 Å². The Morgan fingerprint density at radius 2 is 1.58 bits per heavy atom. The molecule has 2 rings (SSSR count). The van der Waals surface area contributed by atoms with E-state index in [9.17, 15) is 9.59 Å². The number of hydrogen-bond donors (Lipinski definition) is 1. The van der Waals surface area contributed by atoms with Crippen LogP contribution in [0.3, 0.4) is 0 Å². The SMILES string of the molecule is C/C=C/C(=O)N[C@@H](Cc1ccccc1)C(=O)OCc1ccccc1. The van der Waals surface area contributed by atoms with Gasteiger partial charge in [0.1, 0.15) is 12.6 Å². The predicted molar refractivity (Wildman–Crippen MR) is 93.1 cm³/mol. The molecular weight excluding hydrogens is 302 g/mol. The lowest BCUT2D eigenvalue weighted by atomic mass is 10.1. The average molecular weight is 323 g/mol. The second-order valence-corrected chi connectivity index (χ2v) is 5.34. The topological polar surface area (TPSA) is 55.4 Å². The van der Waals surface area contributed by atoms with Crippen LogP contribution in [0.25, 0.3) is 0 Å². The summed E-state index contributed by atoms with van der Waals surface area (Å²) in [5, 5.41) is 2.70.